The van der Waals surface area contributed by atoms with Crippen molar-refractivity contribution in [2.75, 3.05) is 0 Å². The van der Waals surface area contributed by atoms with E-state index in [1.165, 1.54) is 38.5 Å². The lowest BCUT2D eigenvalue weighted by Crippen LogP contribution is -2.54. The van der Waals surface area contributed by atoms with E-state index in [-0.39, 0.29) is 0 Å². The molecule has 1 nitrogen and oxygen atoms in total. The summed E-state index contributed by atoms with van der Waals surface area (Å²) in [5.74, 6) is 5.36. The third-order valence-electron chi connectivity index (χ3n) is 7.90. The highest BCUT2D eigenvalue weighted by Crippen LogP contribution is 2.53. The van der Waals surface area contributed by atoms with Gasteiger partial charge in [-0.3, -0.25) is 0 Å². The second-order valence-corrected chi connectivity index (χ2v) is 10.2. The van der Waals surface area contributed by atoms with Gasteiger partial charge in [-0.2, -0.15) is 0 Å². The van der Waals surface area contributed by atoms with Gasteiger partial charge in [-0.1, -0.05) is 61.3 Å². The second kappa shape index (κ2) is 8.11. The fourth-order valence-electron chi connectivity index (χ4n) is 6.35. The van der Waals surface area contributed by atoms with Crippen LogP contribution in [0.3, 0.4) is 0 Å². The maximum absolute atomic E-state index is 12.1. The van der Waals surface area contributed by atoms with Crippen LogP contribution >= 0.6 is 0 Å². The highest BCUT2D eigenvalue weighted by molar-refractivity contribution is 5.01. The van der Waals surface area contributed by atoms with Crippen LogP contribution in [0.1, 0.15) is 93.4 Å². The Morgan fingerprint density at radius 1 is 0.792 bits per heavy atom. The summed E-state index contributed by atoms with van der Waals surface area (Å²) < 4.78 is 0. The van der Waals surface area contributed by atoms with Gasteiger partial charge in [0.1, 0.15) is 0 Å². The Hall–Kier alpha value is -0.0400. The van der Waals surface area contributed by atoms with Crippen molar-refractivity contribution in [3.8, 4) is 0 Å². The summed E-state index contributed by atoms with van der Waals surface area (Å²) in [6.07, 6.45) is 8.77. The van der Waals surface area contributed by atoms with Crippen molar-refractivity contribution in [1.29, 1.82) is 0 Å². The molecule has 0 spiro atoms. The molecule has 0 aromatic heterocycles. The van der Waals surface area contributed by atoms with E-state index in [0.717, 1.165) is 18.3 Å². The molecule has 0 aromatic carbocycles. The first kappa shape index (κ1) is 20.3. The molecule has 0 heterocycles. The molecule has 142 valence electrons. The molecule has 0 radical (unpaired) electrons. The Bertz CT molecular complexity index is 353. The fraction of sp³-hybridized carbons (Fsp3) is 1.00. The number of hydrogen-bond donors (Lipinski definition) is 1. The van der Waals surface area contributed by atoms with Gasteiger partial charge in [0.15, 0.2) is 0 Å². The summed E-state index contributed by atoms with van der Waals surface area (Å²) in [6, 6.07) is 0. The Kier molecular flexibility index (Phi) is 6.85. The minimum absolute atomic E-state index is 0.451. The Balaban J connectivity index is 2.35. The standard InChI is InChI=1S/C23H44O/c1-8-23(24,21-13-17(6)9-11-19(21)15(2)3)22-14-18(7)10-12-20(22)16(4)5/h15-22,24H,8-14H2,1-7H3. The summed E-state index contributed by atoms with van der Waals surface area (Å²) in [6.45, 7) is 16.6. The SMILES string of the molecule is CCC(O)(C1CC(C)CCC1C(C)C)C1CC(C)CCC1C(C)C. The Morgan fingerprint density at radius 3 is 1.46 bits per heavy atom. The lowest BCUT2D eigenvalue weighted by Gasteiger charge is -2.54. The predicted molar refractivity (Wildman–Crippen MR) is 105 cm³/mol. The largest absolute Gasteiger partial charge is 0.389 e. The normalized spacial score (nSPS) is 40.8. The van der Waals surface area contributed by atoms with Gasteiger partial charge < -0.3 is 5.11 Å². The van der Waals surface area contributed by atoms with Gasteiger partial charge in [0.25, 0.3) is 0 Å². The Labute approximate surface area is 152 Å². The monoisotopic (exact) mass is 336 g/mol. The maximum Gasteiger partial charge on any atom is 0.0706 e. The molecule has 6 atom stereocenters. The van der Waals surface area contributed by atoms with E-state index < -0.39 is 5.60 Å². The number of hydrogen-bond acceptors (Lipinski definition) is 1. The van der Waals surface area contributed by atoms with E-state index in [4.69, 9.17) is 0 Å². The summed E-state index contributed by atoms with van der Waals surface area (Å²) in [5.41, 5.74) is -0.451. The van der Waals surface area contributed by atoms with E-state index in [1.54, 1.807) is 0 Å². The first-order valence-electron chi connectivity index (χ1n) is 10.9. The van der Waals surface area contributed by atoms with Crippen LogP contribution in [-0.2, 0) is 0 Å². The van der Waals surface area contributed by atoms with Gasteiger partial charge in [-0.05, 0) is 79.4 Å². The second-order valence-electron chi connectivity index (χ2n) is 10.2. The molecule has 0 saturated heterocycles. The van der Waals surface area contributed by atoms with Crippen LogP contribution < -0.4 is 0 Å². The van der Waals surface area contributed by atoms with E-state index in [9.17, 15) is 5.11 Å². The molecule has 2 rings (SSSR count). The molecular formula is C23H44O. The van der Waals surface area contributed by atoms with Gasteiger partial charge in [-0.25, -0.2) is 0 Å². The summed E-state index contributed by atoms with van der Waals surface area (Å²) in [4.78, 5) is 0. The average molecular weight is 337 g/mol. The third kappa shape index (κ3) is 4.02. The van der Waals surface area contributed by atoms with Crippen molar-refractivity contribution in [2.45, 2.75) is 99.0 Å². The van der Waals surface area contributed by atoms with Crippen molar-refractivity contribution in [3.05, 3.63) is 0 Å². The van der Waals surface area contributed by atoms with Crippen LogP contribution in [0, 0.1) is 47.3 Å². The number of rotatable bonds is 5. The summed E-state index contributed by atoms with van der Waals surface area (Å²) >= 11 is 0. The van der Waals surface area contributed by atoms with Crippen LogP contribution in [0.4, 0.5) is 0 Å². The summed E-state index contributed by atoms with van der Waals surface area (Å²) in [5, 5.41) is 12.1. The molecule has 24 heavy (non-hydrogen) atoms. The van der Waals surface area contributed by atoms with Crippen molar-refractivity contribution in [3.63, 3.8) is 0 Å². The molecular weight excluding hydrogens is 292 g/mol. The molecule has 2 fully saturated rings. The molecule has 2 saturated carbocycles. The fourth-order valence-corrected chi connectivity index (χ4v) is 6.35. The minimum atomic E-state index is -0.451. The highest BCUT2D eigenvalue weighted by atomic mass is 16.3. The van der Waals surface area contributed by atoms with E-state index in [2.05, 4.69) is 48.5 Å². The van der Waals surface area contributed by atoms with Gasteiger partial charge in [0.05, 0.1) is 5.60 Å². The van der Waals surface area contributed by atoms with E-state index in [1.807, 2.05) is 0 Å². The molecule has 1 N–H and O–H groups in total. The molecule has 2 aliphatic rings. The predicted octanol–water partition coefficient (Wildman–Crippen LogP) is 6.54. The molecule has 1 heteroatoms. The molecule has 0 amide bonds. The topological polar surface area (TPSA) is 20.2 Å². The molecule has 6 unspecified atom stereocenters. The zero-order chi connectivity index (χ0) is 18.1. The zero-order valence-corrected chi connectivity index (χ0v) is 17.5. The van der Waals surface area contributed by atoms with Gasteiger partial charge >= 0.3 is 0 Å². The van der Waals surface area contributed by atoms with Crippen LogP contribution in [0.15, 0.2) is 0 Å². The quantitative estimate of drug-likeness (QED) is 0.604. The first-order valence-corrected chi connectivity index (χ1v) is 10.9. The van der Waals surface area contributed by atoms with Crippen LogP contribution in [0.2, 0.25) is 0 Å². The summed E-state index contributed by atoms with van der Waals surface area (Å²) in [7, 11) is 0. The van der Waals surface area contributed by atoms with Crippen molar-refractivity contribution in [2.24, 2.45) is 47.3 Å². The first-order chi connectivity index (χ1) is 11.2. The highest BCUT2D eigenvalue weighted by Gasteiger charge is 2.51. The lowest BCUT2D eigenvalue weighted by atomic mass is 9.54. The third-order valence-corrected chi connectivity index (χ3v) is 7.90. The lowest BCUT2D eigenvalue weighted by molar-refractivity contribution is -0.149. The van der Waals surface area contributed by atoms with Crippen LogP contribution in [-0.4, -0.2) is 10.7 Å². The van der Waals surface area contributed by atoms with Gasteiger partial charge in [0.2, 0.25) is 0 Å². The zero-order valence-electron chi connectivity index (χ0n) is 17.5. The van der Waals surface area contributed by atoms with Gasteiger partial charge in [0, 0.05) is 0 Å². The average Bonchev–Trinajstić information content (AvgIpc) is 2.53. The molecule has 2 aliphatic carbocycles. The minimum Gasteiger partial charge on any atom is -0.389 e. The number of aliphatic hydroxyl groups is 1. The smallest absolute Gasteiger partial charge is 0.0706 e. The molecule has 0 aromatic rings. The van der Waals surface area contributed by atoms with Crippen molar-refractivity contribution >= 4 is 0 Å². The van der Waals surface area contributed by atoms with E-state index >= 15 is 0 Å². The van der Waals surface area contributed by atoms with Crippen LogP contribution in [0.5, 0.6) is 0 Å². The Morgan fingerprint density at radius 2 is 1.17 bits per heavy atom. The van der Waals surface area contributed by atoms with Crippen LogP contribution in [0.25, 0.3) is 0 Å². The van der Waals surface area contributed by atoms with Gasteiger partial charge in [-0.15, -0.1) is 0 Å². The van der Waals surface area contributed by atoms with Crippen molar-refractivity contribution < 1.29 is 5.11 Å². The molecule has 0 bridgehead atoms. The maximum atomic E-state index is 12.1. The van der Waals surface area contributed by atoms with Crippen molar-refractivity contribution in [1.82, 2.24) is 0 Å². The van der Waals surface area contributed by atoms with E-state index in [0.29, 0.717) is 35.5 Å². The molecule has 0 aliphatic heterocycles.